The van der Waals surface area contributed by atoms with Crippen LogP contribution in [0.2, 0.25) is 0 Å². The lowest BCUT2D eigenvalue weighted by Crippen LogP contribution is -2.37. The molecule has 2 aliphatic carbocycles. The maximum Gasteiger partial charge on any atom is 0.333 e. The topological polar surface area (TPSA) is 78.5 Å². The lowest BCUT2D eigenvalue weighted by molar-refractivity contribution is 0.251. The Kier molecular flexibility index (Phi) is 5.00. The molecule has 1 saturated heterocycles. The first-order valence-electron chi connectivity index (χ1n) is 10.2. The van der Waals surface area contributed by atoms with Crippen molar-refractivity contribution in [3.8, 4) is 0 Å². The van der Waals surface area contributed by atoms with Gasteiger partial charge in [-0.2, -0.15) is 0 Å². The van der Waals surface area contributed by atoms with Gasteiger partial charge in [-0.15, -0.1) is 0 Å². The fraction of sp³-hybridized carbons (Fsp3) is 0.571. The molecule has 2 amide bonds. The van der Waals surface area contributed by atoms with Gasteiger partial charge in [-0.25, -0.2) is 17.9 Å². The Balaban J connectivity index is 1.50. The van der Waals surface area contributed by atoms with Gasteiger partial charge in [-0.1, -0.05) is 12.1 Å². The van der Waals surface area contributed by atoms with Crippen molar-refractivity contribution in [3.63, 3.8) is 0 Å². The number of hydrogen-bond donors (Lipinski definition) is 2. The first kappa shape index (κ1) is 19.5. The van der Waals surface area contributed by atoms with Crippen molar-refractivity contribution in [3.05, 3.63) is 39.8 Å². The number of anilines is 1. The van der Waals surface area contributed by atoms with Crippen molar-refractivity contribution >= 4 is 21.7 Å². The summed E-state index contributed by atoms with van der Waals surface area (Å²) in [4.78, 5) is 14.7. The zero-order valence-electron chi connectivity index (χ0n) is 16.7. The van der Waals surface area contributed by atoms with E-state index < -0.39 is 16.1 Å². The number of carbonyl (C=O) groups excluding carboxylic acids is 1. The summed E-state index contributed by atoms with van der Waals surface area (Å²) in [6.07, 6.45) is 9.75. The number of hydrogen-bond acceptors (Lipinski definition) is 4. The van der Waals surface area contributed by atoms with Crippen LogP contribution >= 0.6 is 0 Å². The van der Waals surface area contributed by atoms with Gasteiger partial charge in [0.05, 0.1) is 0 Å². The van der Waals surface area contributed by atoms with Gasteiger partial charge >= 0.3 is 6.03 Å². The maximum absolute atomic E-state index is 12.5. The molecule has 0 radical (unpaired) electrons. The SMILES string of the molecule is CN1CCC[C@@]1(C)/C=C/S(=O)(=O)NC(=O)Nc1c2c(cc3c1CCC3)CCC2. The van der Waals surface area contributed by atoms with Crippen molar-refractivity contribution in [1.29, 1.82) is 0 Å². The van der Waals surface area contributed by atoms with E-state index in [1.54, 1.807) is 6.08 Å². The third-order valence-electron chi connectivity index (χ3n) is 6.60. The second kappa shape index (κ2) is 7.19. The van der Waals surface area contributed by atoms with Crippen molar-refractivity contribution in [2.45, 2.75) is 63.8 Å². The van der Waals surface area contributed by atoms with Crippen molar-refractivity contribution in [2.24, 2.45) is 0 Å². The van der Waals surface area contributed by atoms with E-state index in [-0.39, 0.29) is 5.54 Å². The van der Waals surface area contributed by atoms with Crippen LogP contribution in [0.1, 0.15) is 54.9 Å². The molecular formula is C21H29N3O3S. The molecule has 7 heteroatoms. The number of rotatable bonds is 4. The number of nitrogens with zero attached hydrogens (tertiary/aromatic N) is 1. The number of aryl methyl sites for hydroxylation is 2. The molecule has 3 aliphatic rings. The molecule has 0 saturated carbocycles. The fourth-order valence-electron chi connectivity index (χ4n) is 4.84. The quantitative estimate of drug-likeness (QED) is 0.810. The molecule has 152 valence electrons. The van der Waals surface area contributed by atoms with E-state index >= 15 is 0 Å². The molecule has 1 aromatic carbocycles. The highest BCUT2D eigenvalue weighted by atomic mass is 32.2. The van der Waals surface area contributed by atoms with E-state index in [0.29, 0.717) is 0 Å². The molecule has 1 aliphatic heterocycles. The summed E-state index contributed by atoms with van der Waals surface area (Å²) in [6, 6.07) is 1.61. The molecule has 6 nitrogen and oxygen atoms in total. The number of urea groups is 1. The Bertz CT molecular complexity index is 906. The molecule has 1 atom stereocenters. The van der Waals surface area contributed by atoms with E-state index in [4.69, 9.17) is 0 Å². The standard InChI is InChI=1S/C21H29N3O3S/c1-21(10-5-12-24(21)2)11-13-28(26,27)23-20(25)22-19-17-8-3-6-15(17)14-16-7-4-9-18(16)19/h11,13-14H,3-10,12H2,1-2H3,(H2,22,23,25)/b13-11+/t21-/m0/s1. The molecule has 2 N–H and O–H groups in total. The summed E-state index contributed by atoms with van der Waals surface area (Å²) in [7, 11) is -1.86. The minimum atomic E-state index is -3.85. The third-order valence-corrected chi connectivity index (χ3v) is 7.57. The van der Waals surface area contributed by atoms with Crippen LogP contribution in [0.4, 0.5) is 10.5 Å². The van der Waals surface area contributed by atoms with Crippen LogP contribution in [-0.2, 0) is 35.7 Å². The molecule has 1 fully saturated rings. The predicted octanol–water partition coefficient (Wildman–Crippen LogP) is 3.11. The van der Waals surface area contributed by atoms with Crippen LogP contribution < -0.4 is 10.0 Å². The highest BCUT2D eigenvalue weighted by molar-refractivity contribution is 7.92. The monoisotopic (exact) mass is 403 g/mol. The van der Waals surface area contributed by atoms with Crippen molar-refractivity contribution in [2.75, 3.05) is 18.9 Å². The number of amides is 2. The van der Waals surface area contributed by atoms with Gasteiger partial charge in [0.15, 0.2) is 0 Å². The molecule has 0 unspecified atom stereocenters. The van der Waals surface area contributed by atoms with Crippen LogP contribution in [0.25, 0.3) is 0 Å². The van der Waals surface area contributed by atoms with E-state index in [1.807, 2.05) is 14.0 Å². The van der Waals surface area contributed by atoms with Crippen LogP contribution in [0, 0.1) is 0 Å². The third kappa shape index (κ3) is 3.70. The van der Waals surface area contributed by atoms with Crippen LogP contribution in [0.5, 0.6) is 0 Å². The smallest absolute Gasteiger partial charge is 0.307 e. The number of likely N-dealkylation sites (tertiary alicyclic amines) is 1. The van der Waals surface area contributed by atoms with Crippen molar-refractivity contribution in [1.82, 2.24) is 9.62 Å². The van der Waals surface area contributed by atoms with Gasteiger partial charge in [0.25, 0.3) is 10.0 Å². The Morgan fingerprint density at radius 3 is 2.32 bits per heavy atom. The zero-order chi connectivity index (χ0) is 19.9. The molecule has 4 rings (SSSR count). The summed E-state index contributed by atoms with van der Waals surface area (Å²) in [5.74, 6) is 0. The Hall–Kier alpha value is -1.86. The molecule has 1 heterocycles. The van der Waals surface area contributed by atoms with Crippen LogP contribution in [0.15, 0.2) is 17.6 Å². The van der Waals surface area contributed by atoms with E-state index in [9.17, 15) is 13.2 Å². The van der Waals surface area contributed by atoms with Crippen LogP contribution in [-0.4, -0.2) is 38.5 Å². The molecule has 1 aromatic rings. The number of carbonyl (C=O) groups is 1. The number of benzene rings is 1. The molecular weight excluding hydrogens is 374 g/mol. The lowest BCUT2D eigenvalue weighted by Gasteiger charge is -2.28. The zero-order valence-corrected chi connectivity index (χ0v) is 17.5. The molecule has 0 aromatic heterocycles. The summed E-state index contributed by atoms with van der Waals surface area (Å²) in [5, 5.41) is 4.00. The molecule has 28 heavy (non-hydrogen) atoms. The number of sulfonamides is 1. The summed E-state index contributed by atoms with van der Waals surface area (Å²) in [5.41, 5.74) is 5.54. The average Bonchev–Trinajstić information content (AvgIpc) is 3.34. The van der Waals surface area contributed by atoms with Gasteiger partial charge < -0.3 is 5.32 Å². The van der Waals surface area contributed by atoms with E-state index in [1.165, 1.54) is 22.3 Å². The first-order chi connectivity index (χ1) is 13.3. The Labute approximate surface area is 167 Å². The number of fused-ring (bicyclic) bond motifs is 2. The predicted molar refractivity (Wildman–Crippen MR) is 111 cm³/mol. The number of nitrogens with one attached hydrogen (secondary N) is 2. The molecule has 0 spiro atoms. The minimum Gasteiger partial charge on any atom is -0.307 e. The van der Waals surface area contributed by atoms with Crippen molar-refractivity contribution < 1.29 is 13.2 Å². The first-order valence-corrected chi connectivity index (χ1v) is 11.7. The van der Waals surface area contributed by atoms with E-state index in [0.717, 1.165) is 69.0 Å². The number of likely N-dealkylation sites (N-methyl/N-ethyl adjacent to an activating group) is 1. The normalized spacial score (nSPS) is 24.5. The van der Waals surface area contributed by atoms with Gasteiger partial charge in [0.1, 0.15) is 0 Å². The van der Waals surface area contributed by atoms with Crippen LogP contribution in [0.3, 0.4) is 0 Å². The molecule has 0 bridgehead atoms. The van der Waals surface area contributed by atoms with Gasteiger partial charge in [0, 0.05) is 16.6 Å². The fourth-order valence-corrected chi connectivity index (χ4v) is 5.69. The maximum atomic E-state index is 12.5. The summed E-state index contributed by atoms with van der Waals surface area (Å²) < 4.78 is 27.0. The Morgan fingerprint density at radius 1 is 1.11 bits per heavy atom. The lowest BCUT2D eigenvalue weighted by atomic mass is 9.99. The highest BCUT2D eigenvalue weighted by Crippen LogP contribution is 2.38. The average molecular weight is 404 g/mol. The second-order valence-electron chi connectivity index (χ2n) is 8.52. The Morgan fingerprint density at radius 2 is 1.75 bits per heavy atom. The highest BCUT2D eigenvalue weighted by Gasteiger charge is 2.32. The minimum absolute atomic E-state index is 0.285. The summed E-state index contributed by atoms with van der Waals surface area (Å²) in [6.45, 7) is 2.96. The van der Waals surface area contributed by atoms with Gasteiger partial charge in [-0.05, 0) is 94.1 Å². The van der Waals surface area contributed by atoms with Gasteiger partial charge in [0.2, 0.25) is 0 Å². The van der Waals surface area contributed by atoms with E-state index in [2.05, 4.69) is 21.0 Å². The van der Waals surface area contributed by atoms with Gasteiger partial charge in [-0.3, -0.25) is 4.90 Å². The second-order valence-corrected chi connectivity index (χ2v) is 10.1. The largest absolute Gasteiger partial charge is 0.333 e. The summed E-state index contributed by atoms with van der Waals surface area (Å²) >= 11 is 0.